The van der Waals surface area contributed by atoms with Gasteiger partial charge >= 0.3 is 0 Å². The van der Waals surface area contributed by atoms with Gasteiger partial charge in [0.05, 0.1) is 6.04 Å². The molecule has 30 atom stereocenters. The van der Waals surface area contributed by atoms with Gasteiger partial charge in [-0.3, -0.25) is 0 Å². The quantitative estimate of drug-likeness (QED) is 0.278. The van der Waals surface area contributed by atoms with Gasteiger partial charge in [0.1, 0.15) is 0 Å². The van der Waals surface area contributed by atoms with Crippen molar-refractivity contribution in [3.63, 3.8) is 0 Å². The fraction of sp³-hybridized carbons (Fsp3) is 0.741. The highest BCUT2D eigenvalue weighted by atomic mass is 15.2. The number of para-hydroxylation sites is 1. The van der Waals surface area contributed by atoms with E-state index in [1.54, 1.807) is 44.1 Å². The van der Waals surface area contributed by atoms with Crippen molar-refractivity contribution >= 4 is 5.69 Å². The smallest absolute Gasteiger partial charge is 0.0636 e. The summed E-state index contributed by atoms with van der Waals surface area (Å²) in [5.41, 5.74) is 5.48. The number of rotatable bonds is 5. The molecule has 0 radical (unpaired) electrons. The minimum absolute atomic E-state index is 0.275. The zero-order valence-electron chi connectivity index (χ0n) is 32.9. The highest BCUT2D eigenvalue weighted by Gasteiger charge is 2.88. The number of anilines is 1. The molecule has 0 heterocycles. The second kappa shape index (κ2) is 8.93. The minimum Gasteiger partial charge on any atom is -0.364 e. The van der Waals surface area contributed by atoms with Crippen LogP contribution in [0.1, 0.15) is 69.9 Å². The Labute approximate surface area is 329 Å². The van der Waals surface area contributed by atoms with E-state index in [2.05, 4.69) is 84.1 Å². The van der Waals surface area contributed by atoms with Gasteiger partial charge in [0.2, 0.25) is 0 Å². The molecule has 0 N–H and O–H groups in total. The van der Waals surface area contributed by atoms with Crippen molar-refractivity contribution in [2.75, 3.05) is 11.4 Å². The summed E-state index contributed by atoms with van der Waals surface area (Å²) in [7, 11) is 0. The van der Waals surface area contributed by atoms with Gasteiger partial charge < -0.3 is 4.90 Å². The van der Waals surface area contributed by atoms with Crippen molar-refractivity contribution in [2.45, 2.75) is 64.3 Å². The number of benzene rings is 2. The van der Waals surface area contributed by atoms with Crippen LogP contribution in [0.3, 0.4) is 0 Å². The molecule has 1 heteroatoms. The normalized spacial score (nSPS) is 66.6. The van der Waals surface area contributed by atoms with E-state index in [1.807, 2.05) is 0 Å². The summed E-state index contributed by atoms with van der Waals surface area (Å²) in [5, 5.41) is 0. The van der Waals surface area contributed by atoms with Crippen LogP contribution in [0.2, 0.25) is 0 Å². The Hall–Kier alpha value is -2.02. The Kier molecular flexibility index (Phi) is 4.75. The molecule has 0 saturated heterocycles. The van der Waals surface area contributed by atoms with Gasteiger partial charge in [-0.2, -0.15) is 0 Å². The van der Waals surface area contributed by atoms with Gasteiger partial charge in [0.15, 0.2) is 0 Å². The van der Waals surface area contributed by atoms with Crippen molar-refractivity contribution in [1.82, 2.24) is 0 Å². The molecule has 0 aliphatic heterocycles. The largest absolute Gasteiger partial charge is 0.364 e. The lowest BCUT2D eigenvalue weighted by Gasteiger charge is -2.64. The molecule has 16 aliphatic rings. The molecule has 282 valence electrons. The summed E-state index contributed by atoms with van der Waals surface area (Å²) in [4.78, 5) is 2.98. The predicted octanol–water partition coefficient (Wildman–Crippen LogP) is 10.8. The van der Waals surface area contributed by atoms with Crippen LogP contribution in [0.25, 0.3) is 0 Å². The average Bonchev–Trinajstić information content (AvgIpc) is 4.04. The summed E-state index contributed by atoms with van der Waals surface area (Å²) in [5.74, 6) is 31.3. The van der Waals surface area contributed by atoms with Crippen LogP contribution < -0.4 is 4.90 Å². The molecule has 0 aromatic heterocycles. The minimum atomic E-state index is 0.275. The fourth-order valence-corrected chi connectivity index (χ4v) is 26.8. The first kappa shape index (κ1) is 29.2. The van der Waals surface area contributed by atoms with Crippen molar-refractivity contribution in [3.8, 4) is 0 Å². The topological polar surface area (TPSA) is 3.24 Å². The van der Waals surface area contributed by atoms with Crippen LogP contribution >= 0.6 is 0 Å². The van der Waals surface area contributed by atoms with Crippen molar-refractivity contribution < 1.29 is 0 Å². The van der Waals surface area contributed by atoms with E-state index >= 15 is 0 Å². The van der Waals surface area contributed by atoms with E-state index in [0.29, 0.717) is 6.04 Å². The zero-order valence-corrected chi connectivity index (χ0v) is 32.9. The molecule has 0 bridgehead atoms. The number of hydrogen-bond acceptors (Lipinski definition) is 1. The van der Waals surface area contributed by atoms with Crippen LogP contribution in [0.15, 0.2) is 72.3 Å². The molecule has 16 aliphatic carbocycles. The molecular weight excluding hydrogens is 663 g/mol. The van der Waals surface area contributed by atoms with E-state index in [9.17, 15) is 0 Å². The maximum atomic E-state index is 3.25. The van der Waals surface area contributed by atoms with Crippen molar-refractivity contribution in [3.05, 3.63) is 77.9 Å². The molecule has 30 unspecified atom stereocenters. The first-order valence-corrected chi connectivity index (χ1v) is 24.8. The monoisotopic (exact) mass is 723 g/mol. The lowest BCUT2D eigenvalue weighted by Crippen LogP contribution is -2.61. The van der Waals surface area contributed by atoms with E-state index in [0.717, 1.165) is 119 Å². The second-order valence-corrected chi connectivity index (χ2v) is 24.9. The third-order valence-corrected chi connectivity index (χ3v) is 25.3. The van der Waals surface area contributed by atoms with Crippen LogP contribution in [-0.4, -0.2) is 6.54 Å². The predicted molar refractivity (Wildman–Crippen MR) is 214 cm³/mol. The maximum absolute atomic E-state index is 3.25. The van der Waals surface area contributed by atoms with E-state index in [1.165, 1.54) is 71.8 Å². The second-order valence-electron chi connectivity index (χ2n) is 24.9. The maximum Gasteiger partial charge on any atom is 0.0636 e. The molecule has 2 aromatic rings. The Morgan fingerprint density at radius 1 is 0.491 bits per heavy atom. The Balaban J connectivity index is 0.943. The van der Waals surface area contributed by atoms with Crippen LogP contribution in [0.5, 0.6) is 0 Å². The lowest BCUT2D eigenvalue weighted by atomic mass is 9.41. The summed E-state index contributed by atoms with van der Waals surface area (Å²) < 4.78 is 0. The first-order chi connectivity index (χ1) is 27.2. The summed E-state index contributed by atoms with van der Waals surface area (Å²) >= 11 is 0. The standard InChI is InChI=1S/C54H61N/c1-2-55(31-11-7-4-8-12-31)53(22-9-5-3-6-10-22)54-20-29-18-27-16-25-15-26-14-23-13-24-17-28-19-30(21-54)39-44-37(28)42-33(24)32(23)40-36(26)41-34(25)35(27)43-38(29)51(52(39)54)50-48(43)46(41)45(40)47(42)49(44)50/h3-12,21,23-29,32-53H,2,13-20H2,1H3. The van der Waals surface area contributed by atoms with E-state index < -0.39 is 0 Å². The Bertz CT molecular complexity index is 2120. The Morgan fingerprint density at radius 2 is 0.927 bits per heavy atom. The molecule has 0 spiro atoms. The molecule has 55 heavy (non-hydrogen) atoms. The molecular formula is C54H61N. The number of hydrogen-bond donors (Lipinski definition) is 0. The summed E-state index contributed by atoms with van der Waals surface area (Å²) in [6, 6.07) is 24.7. The van der Waals surface area contributed by atoms with Gasteiger partial charge in [0, 0.05) is 17.6 Å². The van der Waals surface area contributed by atoms with Gasteiger partial charge in [0.25, 0.3) is 0 Å². The third kappa shape index (κ3) is 2.73. The third-order valence-electron chi connectivity index (χ3n) is 25.3. The Morgan fingerprint density at radius 3 is 1.51 bits per heavy atom. The molecule has 2 aromatic carbocycles. The van der Waals surface area contributed by atoms with Gasteiger partial charge in [-0.15, -0.1) is 0 Å². The number of allylic oxidation sites excluding steroid dienone is 1. The molecule has 15 fully saturated rings. The van der Waals surface area contributed by atoms with Gasteiger partial charge in [-0.1, -0.05) is 60.2 Å². The van der Waals surface area contributed by atoms with Crippen LogP contribution in [0, 0.1) is 171 Å². The molecule has 1 nitrogen and oxygen atoms in total. The fourth-order valence-electron chi connectivity index (χ4n) is 26.8. The van der Waals surface area contributed by atoms with Crippen molar-refractivity contribution in [1.29, 1.82) is 0 Å². The number of nitrogens with zero attached hydrogens (tertiary/aromatic N) is 1. The highest BCUT2D eigenvalue weighted by Crippen LogP contribution is 2.93. The summed E-state index contributed by atoms with van der Waals surface area (Å²) in [6.07, 6.45) is 16.4. The average molecular weight is 724 g/mol. The first-order valence-electron chi connectivity index (χ1n) is 24.8. The molecule has 15 saturated carbocycles. The molecule has 0 amide bonds. The van der Waals surface area contributed by atoms with Crippen LogP contribution in [-0.2, 0) is 0 Å². The van der Waals surface area contributed by atoms with E-state index in [4.69, 9.17) is 0 Å². The van der Waals surface area contributed by atoms with E-state index in [-0.39, 0.29) is 5.41 Å². The summed E-state index contributed by atoms with van der Waals surface area (Å²) in [6.45, 7) is 3.62. The van der Waals surface area contributed by atoms with Gasteiger partial charge in [-0.25, -0.2) is 0 Å². The highest BCUT2D eigenvalue weighted by molar-refractivity contribution is 5.53. The van der Waals surface area contributed by atoms with Crippen molar-refractivity contribution in [2.24, 2.45) is 171 Å². The lowest BCUT2D eigenvalue weighted by molar-refractivity contribution is -0.156. The van der Waals surface area contributed by atoms with Crippen LogP contribution in [0.4, 0.5) is 5.69 Å². The zero-order chi connectivity index (χ0) is 34.7. The SMILES string of the molecule is CCN(c1ccccc1)C(c1ccccc1)C12C=C3CC4CC5CC6CC7CC8CC9CC(C1)C1C%10C9C8C8C7C7C6C5C5C4C4C3C2C1C1C4C5C7C8C%101. The van der Waals surface area contributed by atoms with Gasteiger partial charge in [-0.05, 0) is 242 Å². The molecule has 18 rings (SSSR count).